The van der Waals surface area contributed by atoms with E-state index in [1.165, 1.54) is 0 Å². The molecule has 2 heterocycles. The van der Waals surface area contributed by atoms with Crippen LogP contribution in [0.4, 0.5) is 0 Å². The minimum absolute atomic E-state index is 0.569. The topological polar surface area (TPSA) is 46.5 Å². The molecule has 0 unspecified atom stereocenters. The number of halogens is 1. The van der Waals surface area contributed by atoms with E-state index in [9.17, 15) is 0 Å². The van der Waals surface area contributed by atoms with Crippen molar-refractivity contribution in [2.75, 3.05) is 0 Å². The summed E-state index contributed by atoms with van der Waals surface area (Å²) in [4.78, 5) is 3.98. The average Bonchev–Trinajstić information content (AvgIpc) is 2.48. The molecule has 0 aliphatic heterocycles. The highest BCUT2D eigenvalue weighted by atomic mass is 35.5. The maximum atomic E-state index is 5.82. The fourth-order valence-corrected chi connectivity index (χ4v) is 1.45. The van der Waals surface area contributed by atoms with Crippen LogP contribution in [-0.4, -0.2) is 19.7 Å². The third kappa shape index (κ3) is 1.56. The molecule has 1 N–H and O–H groups in total. The van der Waals surface area contributed by atoms with Crippen LogP contribution in [0.2, 0.25) is 5.02 Å². The van der Waals surface area contributed by atoms with Gasteiger partial charge in [-0.05, 0) is 18.3 Å². The Morgan fingerprint density at radius 2 is 2.29 bits per heavy atom. The van der Waals surface area contributed by atoms with Crippen molar-refractivity contribution < 1.29 is 0 Å². The first-order chi connectivity index (χ1) is 6.68. The minimum Gasteiger partial charge on any atom is -0.303 e. The number of H-pyrrole nitrogens is 1. The fraction of sp³-hybridized carbons (Fsp3) is 0.125. The third-order valence-corrected chi connectivity index (χ3v) is 2.41. The smallest absolute Gasteiger partial charge is 0.195 e. The maximum Gasteiger partial charge on any atom is 0.195 e. The molecule has 14 heavy (non-hydrogen) atoms. The van der Waals surface area contributed by atoms with Crippen LogP contribution in [0.25, 0.3) is 11.4 Å². The Kier molecular flexibility index (Phi) is 2.35. The van der Waals surface area contributed by atoms with Crippen LogP contribution in [0.5, 0.6) is 0 Å². The number of aromatic amines is 1. The van der Waals surface area contributed by atoms with Gasteiger partial charge in [-0.15, -0.1) is 0 Å². The first kappa shape index (κ1) is 9.36. The van der Waals surface area contributed by atoms with Crippen molar-refractivity contribution in [3.63, 3.8) is 0 Å². The Bertz CT molecular complexity index is 516. The van der Waals surface area contributed by atoms with E-state index in [2.05, 4.69) is 15.2 Å². The lowest BCUT2D eigenvalue weighted by molar-refractivity contribution is 0.901. The van der Waals surface area contributed by atoms with Gasteiger partial charge in [-0.3, -0.25) is 10.1 Å². The van der Waals surface area contributed by atoms with Gasteiger partial charge in [0.2, 0.25) is 0 Å². The summed E-state index contributed by atoms with van der Waals surface area (Å²) >= 11 is 10.8. The van der Waals surface area contributed by atoms with Crippen LogP contribution < -0.4 is 0 Å². The van der Waals surface area contributed by atoms with Gasteiger partial charge in [0.15, 0.2) is 10.6 Å². The van der Waals surface area contributed by atoms with Gasteiger partial charge in [0.25, 0.3) is 0 Å². The molecule has 2 aromatic heterocycles. The van der Waals surface area contributed by atoms with Gasteiger partial charge in [-0.25, -0.2) is 0 Å². The van der Waals surface area contributed by atoms with Crippen molar-refractivity contribution in [1.82, 2.24) is 19.7 Å². The van der Waals surface area contributed by atoms with Gasteiger partial charge in [0, 0.05) is 25.0 Å². The van der Waals surface area contributed by atoms with Crippen LogP contribution >= 0.6 is 23.8 Å². The lowest BCUT2D eigenvalue weighted by atomic mass is 10.3. The molecule has 72 valence electrons. The van der Waals surface area contributed by atoms with Crippen molar-refractivity contribution in [3.8, 4) is 11.4 Å². The first-order valence-corrected chi connectivity index (χ1v) is 4.69. The molecule has 0 radical (unpaired) electrons. The van der Waals surface area contributed by atoms with Crippen LogP contribution in [-0.2, 0) is 7.05 Å². The molecule has 0 aliphatic rings. The van der Waals surface area contributed by atoms with Gasteiger partial charge < -0.3 is 4.57 Å². The molecule has 0 amide bonds. The van der Waals surface area contributed by atoms with E-state index in [0.717, 1.165) is 11.4 Å². The van der Waals surface area contributed by atoms with Crippen molar-refractivity contribution in [1.29, 1.82) is 0 Å². The summed E-state index contributed by atoms with van der Waals surface area (Å²) in [6, 6.07) is 1.79. The summed E-state index contributed by atoms with van der Waals surface area (Å²) in [6.07, 6.45) is 3.27. The Morgan fingerprint density at radius 3 is 2.86 bits per heavy atom. The summed E-state index contributed by atoms with van der Waals surface area (Å²) in [7, 11) is 1.84. The largest absolute Gasteiger partial charge is 0.303 e. The number of nitrogens with zero attached hydrogens (tertiary/aromatic N) is 3. The lowest BCUT2D eigenvalue weighted by Crippen LogP contribution is -1.92. The molecule has 0 spiro atoms. The molecule has 2 rings (SSSR count). The molecule has 4 nitrogen and oxygen atoms in total. The molecule has 6 heteroatoms. The monoisotopic (exact) mass is 226 g/mol. The van der Waals surface area contributed by atoms with E-state index in [-0.39, 0.29) is 0 Å². The second kappa shape index (κ2) is 3.51. The van der Waals surface area contributed by atoms with Crippen LogP contribution in [0, 0.1) is 4.77 Å². The van der Waals surface area contributed by atoms with Gasteiger partial charge in [0.05, 0.1) is 5.02 Å². The molecule has 0 atom stereocenters. The van der Waals surface area contributed by atoms with Crippen molar-refractivity contribution >= 4 is 23.8 Å². The van der Waals surface area contributed by atoms with Crippen LogP contribution in [0.3, 0.4) is 0 Å². The van der Waals surface area contributed by atoms with Gasteiger partial charge in [-0.1, -0.05) is 11.6 Å². The number of hydrogen-bond donors (Lipinski definition) is 1. The third-order valence-electron chi connectivity index (χ3n) is 1.84. The Morgan fingerprint density at radius 1 is 1.50 bits per heavy atom. The highest BCUT2D eigenvalue weighted by Crippen LogP contribution is 2.18. The SMILES string of the molecule is Cn1c(-c2cncc(Cl)c2)n[nH]c1=S. The summed E-state index contributed by atoms with van der Waals surface area (Å²) in [5, 5.41) is 7.35. The fourth-order valence-electron chi connectivity index (χ4n) is 1.14. The zero-order valence-corrected chi connectivity index (χ0v) is 8.93. The van der Waals surface area contributed by atoms with E-state index in [4.69, 9.17) is 23.8 Å². The summed E-state index contributed by atoms with van der Waals surface area (Å²) in [5.41, 5.74) is 0.840. The molecular formula is C8H7ClN4S. The van der Waals surface area contributed by atoms with Gasteiger partial charge >= 0.3 is 0 Å². The second-order valence-corrected chi connectivity index (χ2v) is 3.63. The predicted molar refractivity (Wildman–Crippen MR) is 56.6 cm³/mol. The molecule has 0 fully saturated rings. The number of hydrogen-bond acceptors (Lipinski definition) is 3. The Hall–Kier alpha value is -1.20. The lowest BCUT2D eigenvalue weighted by Gasteiger charge is -1.99. The van der Waals surface area contributed by atoms with Crippen molar-refractivity contribution in [2.45, 2.75) is 0 Å². The van der Waals surface area contributed by atoms with E-state index in [1.54, 1.807) is 23.0 Å². The average molecular weight is 227 g/mol. The first-order valence-electron chi connectivity index (χ1n) is 3.91. The molecule has 0 saturated carbocycles. The zero-order chi connectivity index (χ0) is 10.1. The normalized spacial score (nSPS) is 10.4. The number of pyridine rings is 1. The Labute approximate surface area is 90.6 Å². The van der Waals surface area contributed by atoms with E-state index < -0.39 is 0 Å². The maximum absolute atomic E-state index is 5.82. The minimum atomic E-state index is 0.569. The van der Waals surface area contributed by atoms with Gasteiger partial charge in [-0.2, -0.15) is 5.10 Å². The standard InChI is InChI=1S/C8H7ClN4S/c1-13-7(11-12-8(13)14)5-2-6(9)4-10-3-5/h2-4H,1H3,(H,12,14). The van der Waals surface area contributed by atoms with Gasteiger partial charge in [0.1, 0.15) is 0 Å². The van der Waals surface area contributed by atoms with E-state index >= 15 is 0 Å². The van der Waals surface area contributed by atoms with E-state index in [0.29, 0.717) is 9.79 Å². The predicted octanol–water partition coefficient (Wildman–Crippen LogP) is 2.19. The summed E-state index contributed by atoms with van der Waals surface area (Å²) in [5.74, 6) is 0.727. The number of rotatable bonds is 1. The van der Waals surface area contributed by atoms with Crippen LogP contribution in [0.15, 0.2) is 18.5 Å². The zero-order valence-electron chi connectivity index (χ0n) is 7.36. The number of aromatic nitrogens is 4. The summed E-state index contributed by atoms with van der Waals surface area (Å²) in [6.45, 7) is 0. The highest BCUT2D eigenvalue weighted by molar-refractivity contribution is 7.71. The van der Waals surface area contributed by atoms with Crippen molar-refractivity contribution in [3.05, 3.63) is 28.3 Å². The molecule has 0 saturated heterocycles. The summed E-state index contributed by atoms with van der Waals surface area (Å²) < 4.78 is 2.34. The molecule has 2 aromatic rings. The molecule has 0 aromatic carbocycles. The van der Waals surface area contributed by atoms with Crippen molar-refractivity contribution in [2.24, 2.45) is 7.05 Å². The quantitative estimate of drug-likeness (QED) is 0.759. The second-order valence-electron chi connectivity index (χ2n) is 2.80. The van der Waals surface area contributed by atoms with E-state index in [1.807, 2.05) is 7.05 Å². The van der Waals surface area contributed by atoms with Crippen LogP contribution in [0.1, 0.15) is 0 Å². The Balaban J connectivity index is 2.60. The molecule has 0 aliphatic carbocycles. The highest BCUT2D eigenvalue weighted by Gasteiger charge is 2.05. The number of nitrogens with one attached hydrogen (secondary N) is 1. The molecular weight excluding hydrogens is 220 g/mol. The molecule has 0 bridgehead atoms.